The lowest BCUT2D eigenvalue weighted by atomic mass is 9.82. The van der Waals surface area contributed by atoms with Crippen LogP contribution in [0.2, 0.25) is 0 Å². The van der Waals surface area contributed by atoms with E-state index in [1.165, 1.54) is 49.9 Å². The summed E-state index contributed by atoms with van der Waals surface area (Å²) in [5, 5.41) is 20.6. The molecule has 0 spiro atoms. The third-order valence-electron chi connectivity index (χ3n) is 18.3. The van der Waals surface area contributed by atoms with Gasteiger partial charge in [0.05, 0.1) is 39.0 Å². The van der Waals surface area contributed by atoms with E-state index in [1.54, 1.807) is 0 Å². The standard InChI is InChI=1S/C74H49N3O2/c1-41-30-66(77-64-27-23-43(45-25-29-72-58(34-45)50-17-9-13-21-70(50)79-72)32-54(64)56-37-52-48-15-7-11-19-60(48)74(4,5)62(52)39-68(56)77)46(40-75)35-65(41)76-63-26-22-42(44-24-28-71-57(33-44)49-16-8-12-20-69(49)78-71)31-53(63)55-36-51-47-14-6-10-18-59(47)73(2,3)61(51)38-67(55)76/h6-39H,1-5H3. The summed E-state index contributed by atoms with van der Waals surface area (Å²) in [7, 11) is 0. The molecule has 0 unspecified atom stereocenters. The number of benzene rings is 11. The van der Waals surface area contributed by atoms with Gasteiger partial charge < -0.3 is 18.0 Å². The molecule has 0 saturated carbocycles. The number of aryl methyl sites for hydroxylation is 1. The number of para-hydroxylation sites is 2. The Bertz CT molecular complexity index is 5290. The normalized spacial score (nSPS) is 14.1. The second kappa shape index (κ2) is 15.4. The van der Waals surface area contributed by atoms with Crippen molar-refractivity contribution in [1.82, 2.24) is 9.13 Å². The quantitative estimate of drug-likeness (QED) is 0.176. The number of fused-ring (bicyclic) bond motifs is 18. The number of hydrogen-bond donors (Lipinski definition) is 0. The molecule has 0 radical (unpaired) electrons. The van der Waals surface area contributed by atoms with E-state index < -0.39 is 0 Å². The Morgan fingerprint density at radius 2 is 0.747 bits per heavy atom. The van der Waals surface area contributed by atoms with Crippen molar-refractivity contribution < 1.29 is 8.83 Å². The molecule has 79 heavy (non-hydrogen) atoms. The number of aromatic nitrogens is 2. The first-order valence-corrected chi connectivity index (χ1v) is 27.4. The van der Waals surface area contributed by atoms with Crippen molar-refractivity contribution in [1.29, 1.82) is 5.26 Å². The highest BCUT2D eigenvalue weighted by Gasteiger charge is 2.38. The Labute approximate surface area is 455 Å². The maximum Gasteiger partial charge on any atom is 0.135 e. The van der Waals surface area contributed by atoms with E-state index in [-0.39, 0.29) is 10.8 Å². The molecule has 2 aliphatic carbocycles. The number of hydrogen-bond acceptors (Lipinski definition) is 3. The fraction of sp³-hybridized carbons (Fsp3) is 0.0946. The largest absolute Gasteiger partial charge is 0.456 e. The van der Waals surface area contributed by atoms with Gasteiger partial charge in [-0.2, -0.15) is 5.26 Å². The van der Waals surface area contributed by atoms with Gasteiger partial charge in [-0.3, -0.25) is 0 Å². The minimum atomic E-state index is -0.222. The third kappa shape index (κ3) is 5.93. The van der Waals surface area contributed by atoms with Crippen LogP contribution in [0, 0.1) is 18.3 Å². The predicted octanol–water partition coefficient (Wildman–Crippen LogP) is 19.8. The van der Waals surface area contributed by atoms with Gasteiger partial charge in [-0.1, -0.05) is 137 Å². The van der Waals surface area contributed by atoms with Gasteiger partial charge in [0, 0.05) is 53.9 Å². The summed E-state index contributed by atoms with van der Waals surface area (Å²) in [5.74, 6) is 0. The lowest BCUT2D eigenvalue weighted by Gasteiger charge is -2.22. The minimum Gasteiger partial charge on any atom is -0.456 e. The molecule has 4 heterocycles. The van der Waals surface area contributed by atoms with Gasteiger partial charge in [0.15, 0.2) is 0 Å². The molecule has 11 aromatic carbocycles. The smallest absolute Gasteiger partial charge is 0.135 e. The molecule has 15 aromatic rings. The number of nitriles is 1. The lowest BCUT2D eigenvalue weighted by molar-refractivity contribution is 0.661. The van der Waals surface area contributed by atoms with Gasteiger partial charge in [-0.25, -0.2) is 0 Å². The van der Waals surface area contributed by atoms with Crippen LogP contribution in [-0.2, 0) is 10.8 Å². The van der Waals surface area contributed by atoms with E-state index in [9.17, 15) is 5.26 Å². The molecular weight excluding hydrogens is 963 g/mol. The summed E-state index contributed by atoms with van der Waals surface area (Å²) in [6.07, 6.45) is 0. The fourth-order valence-corrected chi connectivity index (χ4v) is 14.3. The maximum atomic E-state index is 11.6. The van der Waals surface area contributed by atoms with Crippen LogP contribution < -0.4 is 0 Å². The van der Waals surface area contributed by atoms with Crippen molar-refractivity contribution in [2.45, 2.75) is 45.4 Å². The third-order valence-corrected chi connectivity index (χ3v) is 18.3. The molecular formula is C74H49N3O2. The molecule has 0 aliphatic heterocycles. The van der Waals surface area contributed by atoms with Crippen molar-refractivity contribution in [3.05, 3.63) is 240 Å². The van der Waals surface area contributed by atoms with E-state index in [0.29, 0.717) is 5.56 Å². The zero-order valence-corrected chi connectivity index (χ0v) is 44.3. The molecule has 0 bridgehead atoms. The van der Waals surface area contributed by atoms with Gasteiger partial charge in [0.2, 0.25) is 0 Å². The molecule has 5 nitrogen and oxygen atoms in total. The van der Waals surface area contributed by atoms with Crippen molar-refractivity contribution in [3.8, 4) is 62.0 Å². The second-order valence-corrected chi connectivity index (χ2v) is 23.2. The Hall–Kier alpha value is -9.89. The van der Waals surface area contributed by atoms with E-state index in [1.807, 2.05) is 24.3 Å². The lowest BCUT2D eigenvalue weighted by Crippen LogP contribution is -2.15. The average molecular weight is 1010 g/mol. The summed E-state index contributed by atoms with van der Waals surface area (Å²) in [6.45, 7) is 11.6. The summed E-state index contributed by atoms with van der Waals surface area (Å²) < 4.78 is 17.3. The summed E-state index contributed by atoms with van der Waals surface area (Å²) in [5.41, 5.74) is 25.8. The van der Waals surface area contributed by atoms with Crippen LogP contribution in [0.5, 0.6) is 0 Å². The summed E-state index contributed by atoms with van der Waals surface area (Å²) >= 11 is 0. The van der Waals surface area contributed by atoms with Gasteiger partial charge in [0.25, 0.3) is 0 Å². The van der Waals surface area contributed by atoms with E-state index in [2.05, 4.69) is 232 Å². The summed E-state index contributed by atoms with van der Waals surface area (Å²) in [6, 6.07) is 78.0. The van der Waals surface area contributed by atoms with E-state index in [0.717, 1.165) is 121 Å². The Morgan fingerprint density at radius 3 is 1.24 bits per heavy atom. The van der Waals surface area contributed by atoms with E-state index in [4.69, 9.17) is 8.83 Å². The Balaban J connectivity index is 0.893. The fourth-order valence-electron chi connectivity index (χ4n) is 14.3. The monoisotopic (exact) mass is 1010 g/mol. The van der Waals surface area contributed by atoms with Crippen molar-refractivity contribution in [3.63, 3.8) is 0 Å². The summed E-state index contributed by atoms with van der Waals surface area (Å²) in [4.78, 5) is 0. The molecule has 4 aromatic heterocycles. The van der Waals surface area contributed by atoms with Crippen LogP contribution >= 0.6 is 0 Å². The molecule has 0 saturated heterocycles. The molecule has 5 heteroatoms. The molecule has 0 amide bonds. The predicted molar refractivity (Wildman–Crippen MR) is 325 cm³/mol. The number of furan rings is 2. The topological polar surface area (TPSA) is 59.9 Å². The zero-order chi connectivity index (χ0) is 52.8. The molecule has 0 N–H and O–H groups in total. The first-order valence-electron chi connectivity index (χ1n) is 27.4. The SMILES string of the molecule is Cc1cc(-n2c3ccc(-c4ccc5oc6ccccc6c5c4)cc3c3cc4c(cc32)C(C)(C)c2ccccc2-4)c(C#N)cc1-n1c2ccc(-c3ccc4oc5ccccc5c4c3)cc2c2cc3c(cc21)C(C)(C)c1ccccc1-3. The van der Waals surface area contributed by atoms with Crippen LogP contribution in [0.4, 0.5) is 0 Å². The van der Waals surface area contributed by atoms with Gasteiger partial charge in [-0.05, 0) is 176 Å². The van der Waals surface area contributed by atoms with Gasteiger partial charge in [0.1, 0.15) is 28.4 Å². The highest BCUT2D eigenvalue weighted by Crippen LogP contribution is 2.54. The highest BCUT2D eigenvalue weighted by atomic mass is 16.3. The molecule has 0 atom stereocenters. The number of rotatable bonds is 4. The molecule has 17 rings (SSSR count). The molecule has 372 valence electrons. The van der Waals surface area contributed by atoms with Gasteiger partial charge >= 0.3 is 0 Å². The van der Waals surface area contributed by atoms with Crippen LogP contribution in [0.25, 0.3) is 143 Å². The highest BCUT2D eigenvalue weighted by molar-refractivity contribution is 6.16. The Morgan fingerprint density at radius 1 is 0.342 bits per heavy atom. The molecule has 0 fully saturated rings. The van der Waals surface area contributed by atoms with Crippen molar-refractivity contribution in [2.75, 3.05) is 0 Å². The van der Waals surface area contributed by atoms with Crippen molar-refractivity contribution >= 4 is 87.5 Å². The molecule has 2 aliphatic rings. The maximum absolute atomic E-state index is 11.6. The van der Waals surface area contributed by atoms with Crippen molar-refractivity contribution in [2.24, 2.45) is 0 Å². The van der Waals surface area contributed by atoms with Crippen LogP contribution in [-0.4, -0.2) is 9.13 Å². The van der Waals surface area contributed by atoms with E-state index >= 15 is 0 Å². The average Bonchev–Trinajstić information content (AvgIpc) is 4.22. The second-order valence-electron chi connectivity index (χ2n) is 23.2. The number of nitrogens with zero attached hydrogens (tertiary/aromatic N) is 3. The first kappa shape index (κ1) is 44.3. The first-order chi connectivity index (χ1) is 38.5. The van der Waals surface area contributed by atoms with Crippen LogP contribution in [0.3, 0.4) is 0 Å². The van der Waals surface area contributed by atoms with Crippen LogP contribution in [0.15, 0.2) is 215 Å². The Kier molecular flexibility index (Phi) is 8.63. The zero-order valence-electron chi connectivity index (χ0n) is 44.3. The minimum absolute atomic E-state index is 0.209. The van der Waals surface area contributed by atoms with Crippen LogP contribution in [0.1, 0.15) is 61.1 Å². The van der Waals surface area contributed by atoms with Gasteiger partial charge in [-0.15, -0.1) is 0 Å².